The Balaban J connectivity index is 2.05. The number of rotatable bonds is 4. The second kappa shape index (κ2) is 6.10. The summed E-state index contributed by atoms with van der Waals surface area (Å²) in [6, 6.07) is 6.01. The van der Waals surface area contributed by atoms with Crippen molar-refractivity contribution in [3.05, 3.63) is 38.2 Å². The van der Waals surface area contributed by atoms with Crippen molar-refractivity contribution in [2.45, 2.75) is 19.9 Å². The summed E-state index contributed by atoms with van der Waals surface area (Å²) in [7, 11) is 0. The van der Waals surface area contributed by atoms with E-state index in [1.165, 1.54) is 21.5 Å². The SMILES string of the molecule is CCc1cccc2c1N=CC2=Cc1sc(=S)n(CC(=O)O)c1O. The maximum atomic E-state index is 10.9. The van der Waals surface area contributed by atoms with Crippen molar-refractivity contribution in [2.75, 3.05) is 0 Å². The lowest BCUT2D eigenvalue weighted by molar-refractivity contribution is -0.137. The normalized spacial score (nSPS) is 14.4. The van der Waals surface area contributed by atoms with Crippen molar-refractivity contribution >= 4 is 53.1 Å². The highest BCUT2D eigenvalue weighted by atomic mass is 32.1. The standard InChI is InChI=1S/C16H14N2O3S2/c1-2-9-4-3-5-11-10(7-17-14(9)11)6-12-15(21)18(8-13(19)20)16(22)23-12/h3-7,21H,2,8H2,1H3,(H,19,20). The molecule has 118 valence electrons. The van der Waals surface area contributed by atoms with E-state index in [0.717, 1.165) is 23.2 Å². The second-order valence-corrected chi connectivity index (χ2v) is 6.74. The third-order valence-corrected chi connectivity index (χ3v) is 5.00. The number of nitrogens with zero attached hydrogens (tertiary/aromatic N) is 2. The number of aromatic nitrogens is 1. The van der Waals surface area contributed by atoms with Gasteiger partial charge < -0.3 is 10.2 Å². The summed E-state index contributed by atoms with van der Waals surface area (Å²) in [6.45, 7) is 1.73. The average molecular weight is 346 g/mol. The minimum Gasteiger partial charge on any atom is -0.493 e. The number of aromatic hydroxyl groups is 1. The number of aliphatic imine (C=N–C) groups is 1. The zero-order valence-corrected chi connectivity index (χ0v) is 13.9. The Morgan fingerprint density at radius 1 is 1.48 bits per heavy atom. The Labute approximate surface area is 141 Å². The summed E-state index contributed by atoms with van der Waals surface area (Å²) in [5.41, 5.74) is 4.01. The number of para-hydroxylation sites is 1. The Morgan fingerprint density at radius 3 is 2.96 bits per heavy atom. The van der Waals surface area contributed by atoms with Crippen LogP contribution in [-0.2, 0) is 17.8 Å². The number of fused-ring (bicyclic) bond motifs is 1. The lowest BCUT2D eigenvalue weighted by atomic mass is 10.0. The first-order valence-corrected chi connectivity index (χ1v) is 8.26. The van der Waals surface area contributed by atoms with Crippen molar-refractivity contribution in [1.82, 2.24) is 4.57 Å². The van der Waals surface area contributed by atoms with E-state index in [0.29, 0.717) is 8.83 Å². The minimum atomic E-state index is -1.05. The smallest absolute Gasteiger partial charge is 0.323 e. The molecule has 0 saturated carbocycles. The van der Waals surface area contributed by atoms with Crippen molar-refractivity contribution in [3.63, 3.8) is 0 Å². The number of carboxylic acid groups (broad SMARTS) is 1. The van der Waals surface area contributed by atoms with Crippen molar-refractivity contribution in [1.29, 1.82) is 0 Å². The van der Waals surface area contributed by atoms with E-state index in [1.807, 2.05) is 18.2 Å². The van der Waals surface area contributed by atoms with Gasteiger partial charge in [-0.2, -0.15) is 0 Å². The van der Waals surface area contributed by atoms with E-state index < -0.39 is 5.97 Å². The van der Waals surface area contributed by atoms with E-state index in [4.69, 9.17) is 17.3 Å². The predicted molar refractivity (Wildman–Crippen MR) is 94.3 cm³/mol. The van der Waals surface area contributed by atoms with Gasteiger partial charge in [0.2, 0.25) is 5.88 Å². The van der Waals surface area contributed by atoms with Gasteiger partial charge in [0.25, 0.3) is 0 Å². The van der Waals surface area contributed by atoms with Crippen molar-refractivity contribution < 1.29 is 15.0 Å². The number of carbonyl (C=O) groups is 1. The van der Waals surface area contributed by atoms with Gasteiger partial charge in [-0.3, -0.25) is 14.4 Å². The molecule has 0 atom stereocenters. The Hall–Kier alpha value is -2.25. The van der Waals surface area contributed by atoms with Gasteiger partial charge in [-0.1, -0.05) is 25.1 Å². The number of benzene rings is 1. The maximum Gasteiger partial charge on any atom is 0.323 e. The second-order valence-electron chi connectivity index (χ2n) is 5.06. The van der Waals surface area contributed by atoms with Crippen molar-refractivity contribution in [2.24, 2.45) is 4.99 Å². The molecule has 2 heterocycles. The topological polar surface area (TPSA) is 74.8 Å². The molecule has 0 fully saturated rings. The molecule has 0 aliphatic carbocycles. The molecule has 0 radical (unpaired) electrons. The van der Waals surface area contributed by atoms with Crippen LogP contribution < -0.4 is 0 Å². The quantitative estimate of drug-likeness (QED) is 0.824. The van der Waals surface area contributed by atoms with Gasteiger partial charge in [0.15, 0.2) is 3.95 Å². The Morgan fingerprint density at radius 2 is 2.26 bits per heavy atom. The van der Waals surface area contributed by atoms with E-state index in [9.17, 15) is 9.90 Å². The van der Waals surface area contributed by atoms with Crippen molar-refractivity contribution in [3.8, 4) is 5.88 Å². The van der Waals surface area contributed by atoms with Crippen LogP contribution in [0.25, 0.3) is 11.6 Å². The summed E-state index contributed by atoms with van der Waals surface area (Å²) < 4.78 is 1.54. The fourth-order valence-corrected chi connectivity index (χ4v) is 3.76. The van der Waals surface area contributed by atoms with Gasteiger partial charge in [0, 0.05) is 17.4 Å². The van der Waals surface area contributed by atoms with Crippen LogP contribution in [0.2, 0.25) is 0 Å². The molecule has 1 aliphatic heterocycles. The molecule has 1 aromatic carbocycles. The van der Waals surface area contributed by atoms with Gasteiger partial charge in [-0.15, -0.1) is 11.3 Å². The van der Waals surface area contributed by atoms with Crippen LogP contribution in [0.15, 0.2) is 23.2 Å². The molecule has 1 aromatic heterocycles. The molecule has 0 spiro atoms. The predicted octanol–water partition coefficient (Wildman–Crippen LogP) is 3.89. The van der Waals surface area contributed by atoms with E-state index in [2.05, 4.69) is 11.9 Å². The summed E-state index contributed by atoms with van der Waals surface area (Å²) in [6.07, 6.45) is 4.45. The van der Waals surface area contributed by atoms with E-state index >= 15 is 0 Å². The van der Waals surface area contributed by atoms with E-state index in [1.54, 1.807) is 12.3 Å². The molecule has 3 rings (SSSR count). The molecule has 0 saturated heterocycles. The molecule has 7 heteroatoms. The number of aryl methyl sites for hydroxylation is 1. The molecule has 1 aliphatic rings. The van der Waals surface area contributed by atoms with Gasteiger partial charge in [-0.05, 0) is 30.3 Å². The molecule has 5 nitrogen and oxygen atoms in total. The van der Waals surface area contributed by atoms with Crippen LogP contribution in [0.1, 0.15) is 22.9 Å². The van der Waals surface area contributed by atoms with Crippen LogP contribution in [0.5, 0.6) is 5.88 Å². The van der Waals surface area contributed by atoms with Crippen LogP contribution >= 0.6 is 23.6 Å². The van der Waals surface area contributed by atoms with Crippen LogP contribution in [0.4, 0.5) is 5.69 Å². The number of aliphatic carboxylic acids is 1. The van der Waals surface area contributed by atoms with Gasteiger partial charge in [-0.25, -0.2) is 0 Å². The minimum absolute atomic E-state index is 0.122. The fourth-order valence-electron chi connectivity index (χ4n) is 2.50. The third kappa shape index (κ3) is 2.85. The number of hydrogen-bond acceptors (Lipinski definition) is 5. The molecule has 0 amide bonds. The molecule has 2 aromatic rings. The molecule has 23 heavy (non-hydrogen) atoms. The summed E-state index contributed by atoms with van der Waals surface area (Å²) in [4.78, 5) is 15.8. The van der Waals surface area contributed by atoms with Gasteiger partial charge in [0.05, 0.1) is 10.6 Å². The summed E-state index contributed by atoms with van der Waals surface area (Å²) in [5, 5.41) is 19.1. The Bertz CT molecular complexity index is 907. The molecule has 0 bridgehead atoms. The first-order chi connectivity index (χ1) is 11.0. The molecular formula is C16H14N2O3S2. The number of carboxylic acids is 1. The highest BCUT2D eigenvalue weighted by Crippen LogP contribution is 2.38. The van der Waals surface area contributed by atoms with Crippen LogP contribution in [0.3, 0.4) is 0 Å². The fraction of sp³-hybridized carbons (Fsp3) is 0.188. The zero-order chi connectivity index (χ0) is 16.6. The van der Waals surface area contributed by atoms with Crippen LogP contribution in [-0.4, -0.2) is 27.0 Å². The number of allylic oxidation sites excluding steroid dienone is 1. The highest BCUT2D eigenvalue weighted by Gasteiger charge is 2.18. The molecule has 2 N–H and O–H groups in total. The lowest BCUT2D eigenvalue weighted by Crippen LogP contribution is -2.07. The molecule has 0 unspecified atom stereocenters. The van der Waals surface area contributed by atoms with Crippen LogP contribution in [0, 0.1) is 3.95 Å². The number of thiazole rings is 1. The molecular weight excluding hydrogens is 332 g/mol. The first kappa shape index (κ1) is 15.6. The average Bonchev–Trinajstić information content (AvgIpc) is 3.04. The van der Waals surface area contributed by atoms with Gasteiger partial charge in [0.1, 0.15) is 6.54 Å². The maximum absolute atomic E-state index is 10.9. The Kier molecular flexibility index (Phi) is 4.14. The van der Waals surface area contributed by atoms with E-state index in [-0.39, 0.29) is 12.4 Å². The zero-order valence-electron chi connectivity index (χ0n) is 12.3. The summed E-state index contributed by atoms with van der Waals surface area (Å²) >= 11 is 6.31. The highest BCUT2D eigenvalue weighted by molar-refractivity contribution is 7.73. The van der Waals surface area contributed by atoms with Gasteiger partial charge >= 0.3 is 5.97 Å². The first-order valence-electron chi connectivity index (χ1n) is 7.03. The summed E-state index contributed by atoms with van der Waals surface area (Å²) in [5.74, 6) is -1.17. The number of hydrogen-bond donors (Lipinski definition) is 2. The monoisotopic (exact) mass is 346 g/mol. The third-order valence-electron chi connectivity index (χ3n) is 3.62. The lowest BCUT2D eigenvalue weighted by Gasteiger charge is -2.04. The largest absolute Gasteiger partial charge is 0.493 e.